The maximum Gasteiger partial charge on any atom is 0.326 e. The topological polar surface area (TPSA) is 159 Å². The molecule has 0 aromatic heterocycles. The summed E-state index contributed by atoms with van der Waals surface area (Å²) in [7, 11) is 0. The molecule has 0 aliphatic heterocycles. The van der Waals surface area contributed by atoms with E-state index in [-0.39, 0.29) is 5.75 Å². The van der Waals surface area contributed by atoms with Crippen LogP contribution in [0.4, 0.5) is 0 Å². The first-order chi connectivity index (χ1) is 10.1. The van der Waals surface area contributed by atoms with Crippen LogP contribution in [0.15, 0.2) is 0 Å². The van der Waals surface area contributed by atoms with E-state index in [1.165, 1.54) is 0 Å². The molecule has 0 saturated carbocycles. The summed E-state index contributed by atoms with van der Waals surface area (Å²) in [5.41, 5.74) is 5.43. The van der Waals surface area contributed by atoms with E-state index in [4.69, 9.17) is 15.9 Å². The smallest absolute Gasteiger partial charge is 0.326 e. The molecule has 0 aromatic rings. The second-order valence-electron chi connectivity index (χ2n) is 5.02. The van der Waals surface area contributed by atoms with E-state index in [2.05, 4.69) is 23.3 Å². The van der Waals surface area contributed by atoms with Gasteiger partial charge >= 0.3 is 11.9 Å². The highest BCUT2D eigenvalue weighted by Gasteiger charge is 2.30. The first-order valence-corrected chi connectivity index (χ1v) is 7.15. The molecular formula is C12H21N3O6S. The Labute approximate surface area is 133 Å². The Morgan fingerprint density at radius 3 is 2.00 bits per heavy atom. The van der Waals surface area contributed by atoms with E-state index >= 15 is 0 Å². The molecule has 2 amide bonds. The second-order valence-corrected chi connectivity index (χ2v) is 5.38. The summed E-state index contributed by atoms with van der Waals surface area (Å²) in [6, 6.07) is -3.62. The normalized spacial score (nSPS) is 14.8. The summed E-state index contributed by atoms with van der Waals surface area (Å²) < 4.78 is 0. The summed E-state index contributed by atoms with van der Waals surface area (Å²) in [6.45, 7) is 3.17. The minimum absolute atomic E-state index is 0.0109. The van der Waals surface area contributed by atoms with Crippen LogP contribution in [-0.2, 0) is 19.2 Å². The number of carbonyl (C=O) groups is 4. The average molecular weight is 335 g/mol. The number of amides is 2. The zero-order valence-corrected chi connectivity index (χ0v) is 13.2. The summed E-state index contributed by atoms with van der Waals surface area (Å²) in [5.74, 6) is -4.62. The number of carboxylic acid groups (broad SMARTS) is 2. The van der Waals surface area contributed by atoms with Crippen LogP contribution >= 0.6 is 12.6 Å². The Kier molecular flexibility index (Phi) is 8.50. The number of rotatable bonds is 9. The SMILES string of the molecule is CC(C)[C@H](NC(=O)[C@H](CC(=O)O)NC(=O)[C@@H](N)CS)C(=O)O. The van der Waals surface area contributed by atoms with E-state index in [9.17, 15) is 19.2 Å². The Morgan fingerprint density at radius 2 is 1.64 bits per heavy atom. The quantitative estimate of drug-likeness (QED) is 0.278. The maximum absolute atomic E-state index is 12.0. The van der Waals surface area contributed by atoms with Crippen molar-refractivity contribution in [3.05, 3.63) is 0 Å². The van der Waals surface area contributed by atoms with Crippen LogP contribution in [0.1, 0.15) is 20.3 Å². The van der Waals surface area contributed by atoms with Crippen molar-refractivity contribution < 1.29 is 29.4 Å². The summed E-state index contributed by atoms with van der Waals surface area (Å²) >= 11 is 3.83. The van der Waals surface area contributed by atoms with E-state index < -0.39 is 54.2 Å². The molecule has 0 radical (unpaired) electrons. The van der Waals surface area contributed by atoms with Gasteiger partial charge in [0.15, 0.2) is 0 Å². The van der Waals surface area contributed by atoms with Crippen LogP contribution in [0.25, 0.3) is 0 Å². The van der Waals surface area contributed by atoms with Crippen molar-refractivity contribution in [1.29, 1.82) is 0 Å². The Balaban J connectivity index is 5.01. The molecule has 0 fully saturated rings. The van der Waals surface area contributed by atoms with Crippen molar-refractivity contribution in [2.24, 2.45) is 11.7 Å². The van der Waals surface area contributed by atoms with Crippen molar-refractivity contribution in [1.82, 2.24) is 10.6 Å². The van der Waals surface area contributed by atoms with Gasteiger partial charge in [-0.3, -0.25) is 14.4 Å². The minimum atomic E-state index is -1.42. The van der Waals surface area contributed by atoms with Crippen molar-refractivity contribution >= 4 is 36.4 Å². The average Bonchev–Trinajstić information content (AvgIpc) is 2.41. The number of thiol groups is 1. The predicted molar refractivity (Wildman–Crippen MR) is 80.4 cm³/mol. The minimum Gasteiger partial charge on any atom is -0.481 e. The number of carbonyl (C=O) groups excluding carboxylic acids is 2. The first kappa shape index (κ1) is 20.2. The zero-order chi connectivity index (χ0) is 17.4. The lowest BCUT2D eigenvalue weighted by Gasteiger charge is -2.23. The zero-order valence-electron chi connectivity index (χ0n) is 12.3. The highest BCUT2D eigenvalue weighted by atomic mass is 32.1. The van der Waals surface area contributed by atoms with Crippen molar-refractivity contribution in [3.8, 4) is 0 Å². The van der Waals surface area contributed by atoms with Gasteiger partial charge in [-0.2, -0.15) is 12.6 Å². The number of hydrogen-bond donors (Lipinski definition) is 6. The van der Waals surface area contributed by atoms with Gasteiger partial charge < -0.3 is 26.6 Å². The fraction of sp³-hybridized carbons (Fsp3) is 0.667. The number of aliphatic carboxylic acids is 2. The Bertz CT molecular complexity index is 443. The molecule has 0 heterocycles. The van der Waals surface area contributed by atoms with Crippen LogP contribution < -0.4 is 16.4 Å². The van der Waals surface area contributed by atoms with E-state index in [1.807, 2.05) is 0 Å². The molecule has 0 rings (SSSR count). The Hall–Kier alpha value is -1.81. The molecule has 0 aliphatic rings. The third-order valence-electron chi connectivity index (χ3n) is 2.78. The van der Waals surface area contributed by atoms with Crippen LogP contribution in [0, 0.1) is 5.92 Å². The van der Waals surface area contributed by atoms with E-state index in [0.29, 0.717) is 0 Å². The van der Waals surface area contributed by atoms with Gasteiger partial charge in [0.1, 0.15) is 12.1 Å². The van der Waals surface area contributed by atoms with Crippen LogP contribution in [0.3, 0.4) is 0 Å². The molecule has 9 nitrogen and oxygen atoms in total. The molecule has 3 atom stereocenters. The molecular weight excluding hydrogens is 314 g/mol. The number of nitrogens with two attached hydrogens (primary N) is 1. The van der Waals surface area contributed by atoms with Crippen molar-refractivity contribution in [2.45, 2.75) is 38.4 Å². The molecule has 0 unspecified atom stereocenters. The molecule has 10 heteroatoms. The number of hydrogen-bond acceptors (Lipinski definition) is 6. The van der Waals surface area contributed by atoms with Crippen molar-refractivity contribution in [3.63, 3.8) is 0 Å². The standard InChI is InChI=1S/C12H21N3O6S/c1-5(2)9(12(20)21)15-11(19)7(3-8(16)17)14-10(18)6(13)4-22/h5-7,9,22H,3-4,13H2,1-2H3,(H,14,18)(H,15,19)(H,16,17)(H,20,21)/t6-,7-,9-/m0/s1. The fourth-order valence-electron chi connectivity index (χ4n) is 1.51. The highest BCUT2D eigenvalue weighted by molar-refractivity contribution is 7.80. The molecule has 0 aromatic carbocycles. The van der Waals surface area contributed by atoms with Gasteiger partial charge in [-0.15, -0.1) is 0 Å². The lowest BCUT2D eigenvalue weighted by molar-refractivity contribution is -0.144. The third kappa shape index (κ3) is 6.76. The van der Waals surface area contributed by atoms with Crippen LogP contribution in [0.5, 0.6) is 0 Å². The van der Waals surface area contributed by atoms with E-state index in [1.54, 1.807) is 13.8 Å². The highest BCUT2D eigenvalue weighted by Crippen LogP contribution is 2.04. The van der Waals surface area contributed by atoms with E-state index in [0.717, 1.165) is 0 Å². The predicted octanol–water partition coefficient (Wildman–Crippen LogP) is -1.57. The lowest BCUT2D eigenvalue weighted by Crippen LogP contribution is -2.56. The third-order valence-corrected chi connectivity index (χ3v) is 3.17. The maximum atomic E-state index is 12.0. The molecule has 126 valence electrons. The van der Waals surface area contributed by atoms with Crippen molar-refractivity contribution in [2.75, 3.05) is 5.75 Å². The molecule has 0 aliphatic carbocycles. The first-order valence-electron chi connectivity index (χ1n) is 6.51. The van der Waals surface area contributed by atoms with Crippen LogP contribution in [-0.4, -0.2) is 57.8 Å². The van der Waals surface area contributed by atoms with Gasteiger partial charge in [0.25, 0.3) is 0 Å². The number of carboxylic acids is 2. The molecule has 22 heavy (non-hydrogen) atoms. The summed E-state index contributed by atoms with van der Waals surface area (Å²) in [6.07, 6.45) is -0.693. The van der Waals surface area contributed by atoms with Gasteiger partial charge in [0.2, 0.25) is 11.8 Å². The largest absolute Gasteiger partial charge is 0.481 e. The summed E-state index contributed by atoms with van der Waals surface area (Å²) in [4.78, 5) is 45.5. The van der Waals surface area contributed by atoms with Gasteiger partial charge in [-0.25, -0.2) is 4.79 Å². The molecule has 6 N–H and O–H groups in total. The summed E-state index contributed by atoms with van der Waals surface area (Å²) in [5, 5.41) is 22.2. The van der Waals surface area contributed by atoms with Gasteiger partial charge in [-0.05, 0) is 5.92 Å². The number of nitrogens with one attached hydrogen (secondary N) is 2. The molecule has 0 saturated heterocycles. The van der Waals surface area contributed by atoms with Gasteiger partial charge in [-0.1, -0.05) is 13.8 Å². The molecule has 0 spiro atoms. The second kappa shape index (κ2) is 9.26. The monoisotopic (exact) mass is 335 g/mol. The van der Waals surface area contributed by atoms with Gasteiger partial charge in [0, 0.05) is 5.75 Å². The molecule has 0 bridgehead atoms. The Morgan fingerprint density at radius 1 is 1.09 bits per heavy atom. The lowest BCUT2D eigenvalue weighted by atomic mass is 10.0. The van der Waals surface area contributed by atoms with Crippen LogP contribution in [0.2, 0.25) is 0 Å². The fourth-order valence-corrected chi connectivity index (χ4v) is 1.68. The van der Waals surface area contributed by atoms with Gasteiger partial charge in [0.05, 0.1) is 12.5 Å².